The lowest BCUT2D eigenvalue weighted by Crippen LogP contribution is -2.28. The van der Waals surface area contributed by atoms with E-state index in [1.165, 1.54) is 26.0 Å². The van der Waals surface area contributed by atoms with Crippen LogP contribution in [0, 0.1) is 0 Å². The first-order valence-corrected chi connectivity index (χ1v) is 12.1. The zero-order valence-corrected chi connectivity index (χ0v) is 19.8. The van der Waals surface area contributed by atoms with Crippen molar-refractivity contribution >= 4 is 50.9 Å². The smallest absolute Gasteiger partial charge is 0.348 e. The maximum absolute atomic E-state index is 13.3. The zero-order valence-electron chi connectivity index (χ0n) is 18.2. The number of esters is 2. The van der Waals surface area contributed by atoms with Gasteiger partial charge in [-0.15, -0.1) is 11.3 Å². The Balaban J connectivity index is 1.76. The second-order valence-electron chi connectivity index (χ2n) is 7.38. The van der Waals surface area contributed by atoms with Gasteiger partial charge >= 0.3 is 11.9 Å². The Hall–Kier alpha value is -2.89. The van der Waals surface area contributed by atoms with E-state index in [0.29, 0.717) is 34.8 Å². The fourth-order valence-corrected chi connectivity index (χ4v) is 5.88. The van der Waals surface area contributed by atoms with E-state index >= 15 is 0 Å². The van der Waals surface area contributed by atoms with E-state index < -0.39 is 11.9 Å². The Morgan fingerprint density at radius 3 is 2.73 bits per heavy atom. The maximum atomic E-state index is 13.3. The number of thiophene rings is 1. The molecule has 3 heterocycles. The van der Waals surface area contributed by atoms with Gasteiger partial charge in [0.25, 0.3) is 5.56 Å². The molecule has 0 amide bonds. The summed E-state index contributed by atoms with van der Waals surface area (Å²) in [5.41, 5.74) is 6.96. The predicted octanol–water partition coefficient (Wildman–Crippen LogP) is 3.08. The van der Waals surface area contributed by atoms with Crippen LogP contribution >= 0.6 is 23.1 Å². The number of nitrogens with two attached hydrogens (primary N) is 1. The number of methoxy groups -OCH3 is 2. The molecule has 0 radical (unpaired) electrons. The lowest BCUT2D eigenvalue weighted by atomic mass is 10.1. The number of carbonyl (C=O) groups is 2. The van der Waals surface area contributed by atoms with Crippen molar-refractivity contribution in [2.75, 3.05) is 26.6 Å². The normalized spacial score (nSPS) is 15.6. The lowest BCUT2D eigenvalue weighted by Gasteiger charge is -2.16. The Morgan fingerprint density at radius 1 is 1.27 bits per heavy atom. The molecule has 1 aromatic carbocycles. The number of ether oxygens (including phenoxy) is 3. The average molecular weight is 490 g/mol. The van der Waals surface area contributed by atoms with Crippen molar-refractivity contribution in [2.24, 2.45) is 0 Å². The number of para-hydroxylation sites is 1. The van der Waals surface area contributed by atoms with Crippen molar-refractivity contribution in [3.05, 3.63) is 50.6 Å². The number of nitrogens with zero attached hydrogens (tertiary/aromatic N) is 2. The predicted molar refractivity (Wildman–Crippen MR) is 126 cm³/mol. The minimum Gasteiger partial charge on any atom is -0.465 e. The van der Waals surface area contributed by atoms with Crippen molar-refractivity contribution in [3.63, 3.8) is 0 Å². The molecule has 3 aromatic rings. The molecule has 4 rings (SSSR count). The molecule has 1 aliphatic heterocycles. The Morgan fingerprint density at radius 2 is 2.03 bits per heavy atom. The Labute approximate surface area is 197 Å². The minimum atomic E-state index is -0.641. The van der Waals surface area contributed by atoms with E-state index in [4.69, 9.17) is 24.9 Å². The van der Waals surface area contributed by atoms with Gasteiger partial charge in [-0.3, -0.25) is 9.36 Å². The number of benzene rings is 1. The summed E-state index contributed by atoms with van der Waals surface area (Å²) in [5, 5.41) is 1.15. The molecule has 2 N–H and O–H groups in total. The van der Waals surface area contributed by atoms with Gasteiger partial charge in [0.2, 0.25) is 0 Å². The molecule has 11 heteroatoms. The topological polar surface area (TPSA) is 123 Å². The van der Waals surface area contributed by atoms with Gasteiger partial charge in [0, 0.05) is 17.9 Å². The van der Waals surface area contributed by atoms with Crippen molar-refractivity contribution in [3.8, 4) is 0 Å². The summed E-state index contributed by atoms with van der Waals surface area (Å²) >= 11 is 2.21. The van der Waals surface area contributed by atoms with E-state index in [9.17, 15) is 14.4 Å². The summed E-state index contributed by atoms with van der Waals surface area (Å²) in [7, 11) is 2.51. The third-order valence-corrected chi connectivity index (χ3v) is 7.42. The van der Waals surface area contributed by atoms with Gasteiger partial charge in [0.15, 0.2) is 5.16 Å². The van der Waals surface area contributed by atoms with Gasteiger partial charge in [-0.2, -0.15) is 0 Å². The van der Waals surface area contributed by atoms with Crippen molar-refractivity contribution in [2.45, 2.75) is 36.4 Å². The third-order valence-electron chi connectivity index (χ3n) is 5.38. The molecule has 1 atom stereocenters. The van der Waals surface area contributed by atoms with Gasteiger partial charge in [-0.05, 0) is 25.0 Å². The van der Waals surface area contributed by atoms with Crippen LogP contribution in [-0.4, -0.2) is 48.4 Å². The third kappa shape index (κ3) is 4.61. The van der Waals surface area contributed by atoms with Crippen LogP contribution in [0.1, 0.15) is 38.4 Å². The average Bonchev–Trinajstić information content (AvgIpc) is 3.46. The lowest BCUT2D eigenvalue weighted by molar-refractivity contribution is 0.0601. The van der Waals surface area contributed by atoms with E-state index in [1.54, 1.807) is 22.8 Å². The number of thioether (sulfide) groups is 1. The highest BCUT2D eigenvalue weighted by molar-refractivity contribution is 7.98. The molecule has 0 saturated carbocycles. The number of carbonyl (C=O) groups excluding carboxylic acids is 2. The summed E-state index contributed by atoms with van der Waals surface area (Å²) < 4.78 is 17.1. The van der Waals surface area contributed by atoms with Gasteiger partial charge in [-0.1, -0.05) is 23.9 Å². The highest BCUT2D eigenvalue weighted by Gasteiger charge is 2.28. The highest BCUT2D eigenvalue weighted by Crippen LogP contribution is 2.36. The van der Waals surface area contributed by atoms with Crippen LogP contribution in [0.3, 0.4) is 0 Å². The number of nitrogen functional groups attached to an aromatic ring is 1. The zero-order chi connectivity index (χ0) is 23.5. The number of fused-ring (bicyclic) bond motifs is 1. The second kappa shape index (κ2) is 9.94. The number of anilines is 1. The molecule has 2 aromatic heterocycles. The SMILES string of the molecule is COC(=O)c1sc(N)c(C(=O)OC)c1CSc1nc2ccccc2c(=O)n1C[C@H]1CCCO1. The van der Waals surface area contributed by atoms with Crippen LogP contribution in [0.5, 0.6) is 0 Å². The van der Waals surface area contributed by atoms with Crippen LogP contribution in [0.15, 0.2) is 34.2 Å². The van der Waals surface area contributed by atoms with E-state index in [-0.39, 0.29) is 32.9 Å². The van der Waals surface area contributed by atoms with Crippen LogP contribution in [0.4, 0.5) is 5.00 Å². The molecule has 1 saturated heterocycles. The molecular weight excluding hydrogens is 466 g/mol. The summed E-state index contributed by atoms with van der Waals surface area (Å²) in [5.74, 6) is -1.07. The van der Waals surface area contributed by atoms with E-state index in [2.05, 4.69) is 0 Å². The molecular formula is C22H23N3O6S2. The molecule has 33 heavy (non-hydrogen) atoms. The first-order chi connectivity index (χ1) is 15.9. The number of hydrogen-bond donors (Lipinski definition) is 1. The molecule has 174 valence electrons. The van der Waals surface area contributed by atoms with Crippen LogP contribution in [-0.2, 0) is 26.5 Å². The molecule has 9 nitrogen and oxygen atoms in total. The molecule has 0 unspecified atom stereocenters. The standard InChI is InChI=1S/C22H23N3O6S2/c1-29-20(27)16-14(17(21(28)30-2)33-18(16)23)11-32-22-24-15-8-4-3-7-13(15)19(26)25(22)10-12-6-5-9-31-12/h3-4,7-8,12H,5-6,9-11,23H2,1-2H3/t12-/m1/s1. The van der Waals surface area contributed by atoms with Crippen LogP contribution in [0.25, 0.3) is 10.9 Å². The van der Waals surface area contributed by atoms with Gasteiger partial charge in [0.05, 0.1) is 43.3 Å². The largest absolute Gasteiger partial charge is 0.465 e. The second-order valence-corrected chi connectivity index (χ2v) is 9.38. The van der Waals surface area contributed by atoms with Gasteiger partial charge < -0.3 is 19.9 Å². The summed E-state index contributed by atoms with van der Waals surface area (Å²) in [6.45, 7) is 1.04. The quantitative estimate of drug-likeness (QED) is 0.303. The van der Waals surface area contributed by atoms with E-state index in [1.807, 2.05) is 6.07 Å². The Bertz CT molecular complexity index is 1260. The monoisotopic (exact) mass is 489 g/mol. The van der Waals surface area contributed by atoms with Crippen molar-refractivity contribution in [1.82, 2.24) is 9.55 Å². The van der Waals surface area contributed by atoms with Crippen LogP contribution in [0.2, 0.25) is 0 Å². The minimum absolute atomic E-state index is 0.0712. The fraction of sp³-hybridized carbons (Fsp3) is 0.364. The summed E-state index contributed by atoms with van der Waals surface area (Å²) in [4.78, 5) is 42.9. The number of rotatable bonds is 7. The molecule has 1 fully saturated rings. The fourth-order valence-electron chi connectivity index (χ4n) is 3.75. The summed E-state index contributed by atoms with van der Waals surface area (Å²) in [6, 6.07) is 7.14. The highest BCUT2D eigenvalue weighted by atomic mass is 32.2. The van der Waals surface area contributed by atoms with Gasteiger partial charge in [0.1, 0.15) is 9.88 Å². The van der Waals surface area contributed by atoms with Crippen molar-refractivity contribution < 1.29 is 23.8 Å². The number of aromatic nitrogens is 2. The maximum Gasteiger partial charge on any atom is 0.348 e. The Kier molecular flexibility index (Phi) is 7.01. The van der Waals surface area contributed by atoms with Crippen LogP contribution < -0.4 is 11.3 Å². The van der Waals surface area contributed by atoms with E-state index in [0.717, 1.165) is 24.2 Å². The van der Waals surface area contributed by atoms with Gasteiger partial charge in [-0.25, -0.2) is 14.6 Å². The molecule has 0 spiro atoms. The molecule has 1 aliphatic rings. The first kappa shape index (κ1) is 23.3. The molecule has 0 bridgehead atoms. The van der Waals surface area contributed by atoms with Crippen molar-refractivity contribution in [1.29, 1.82) is 0 Å². The number of hydrogen-bond acceptors (Lipinski definition) is 10. The first-order valence-electron chi connectivity index (χ1n) is 10.3. The molecule has 0 aliphatic carbocycles. The summed E-state index contributed by atoms with van der Waals surface area (Å²) in [6.07, 6.45) is 1.74.